The van der Waals surface area contributed by atoms with E-state index in [1.54, 1.807) is 63.2 Å². The Morgan fingerprint density at radius 2 is 1.45 bits per heavy atom. The number of fused-ring (bicyclic) bond motifs is 14. The molecule has 0 spiro atoms. The van der Waals surface area contributed by atoms with Crippen molar-refractivity contribution in [3.8, 4) is 23.0 Å². The van der Waals surface area contributed by atoms with Crippen LogP contribution in [0.1, 0.15) is 97.0 Å². The number of hydrogen-bond acceptors (Lipinski definition) is 19. The second-order valence-electron chi connectivity index (χ2n) is 23.7. The first-order valence-electron chi connectivity index (χ1n) is 30.7. The van der Waals surface area contributed by atoms with Gasteiger partial charge in [0, 0.05) is 128 Å². The van der Waals surface area contributed by atoms with Gasteiger partial charge >= 0.3 is 11.8 Å². The number of aromatic nitrogens is 3. The number of hydrogen-bond donors (Lipinski definition) is 8. The molecule has 4 aliphatic rings. The average molecular weight is 1300 g/mol. The predicted octanol–water partition coefficient (Wildman–Crippen LogP) is 9.40. The van der Waals surface area contributed by atoms with Gasteiger partial charge in [-0.1, -0.05) is 136 Å². The van der Waals surface area contributed by atoms with Crippen LogP contribution in [-0.2, 0) is 29.3 Å². The molecular formula is C71H82ClN9O13. The highest BCUT2D eigenvalue weighted by Crippen LogP contribution is 2.55. The van der Waals surface area contributed by atoms with E-state index in [9.17, 15) is 44.7 Å². The summed E-state index contributed by atoms with van der Waals surface area (Å²) in [6.07, 6.45) is 13.6. The van der Waals surface area contributed by atoms with Gasteiger partial charge < -0.3 is 59.3 Å². The molecule has 22 nitrogen and oxygen atoms in total. The van der Waals surface area contributed by atoms with Crippen LogP contribution in [-0.4, -0.2) is 150 Å². The first kappa shape index (κ1) is 70.4. The summed E-state index contributed by atoms with van der Waals surface area (Å²) in [4.78, 5) is 61.4. The molecule has 5 aromatic carbocycles. The molecule has 9 atom stereocenters. The van der Waals surface area contributed by atoms with Gasteiger partial charge in [0.05, 0.1) is 59.3 Å². The van der Waals surface area contributed by atoms with Crippen molar-refractivity contribution in [3.05, 3.63) is 208 Å². The number of methoxy groups -OCH3 is 1. The number of nitrogens with two attached hydrogens (primary N) is 1. The molecule has 2 aromatic heterocycles. The molecule has 2 amide bonds. The number of amides is 2. The number of piperazine rings is 1. The molecule has 0 unspecified atom stereocenters. The number of esters is 1. The quantitative estimate of drug-likeness (QED) is 0.00975. The number of carbonyl (C=O) groups excluding carboxylic acids is 4. The van der Waals surface area contributed by atoms with E-state index in [1.165, 1.54) is 71.8 Å². The van der Waals surface area contributed by atoms with E-state index < -0.39 is 94.3 Å². The van der Waals surface area contributed by atoms with Gasteiger partial charge in [-0.3, -0.25) is 34.6 Å². The zero-order valence-corrected chi connectivity index (χ0v) is 54.9. The lowest BCUT2D eigenvalue weighted by Crippen LogP contribution is -2.46. The fourth-order valence-corrected chi connectivity index (χ4v) is 12.3. The number of nitrogens with one attached hydrogen (secondary N) is 2. The fraction of sp³-hybridized carbons (Fsp3) is 0.338. The number of anilines is 1. The number of hydrazone groups is 1. The lowest BCUT2D eigenvalue weighted by molar-refractivity contribution is -0.160. The Hall–Kier alpha value is -9.42. The first-order chi connectivity index (χ1) is 44.9. The lowest BCUT2D eigenvalue weighted by atomic mass is 9.76. The maximum Gasteiger partial charge on any atom is 0.312 e. The number of benzene rings is 5. The zero-order chi connectivity index (χ0) is 68.2. The number of halogens is 1. The van der Waals surface area contributed by atoms with Crippen LogP contribution >= 0.6 is 11.6 Å². The summed E-state index contributed by atoms with van der Waals surface area (Å²) in [5.74, 6) is -3.76. The Kier molecular flexibility index (Phi) is 23.2. The second kappa shape index (κ2) is 31.0. The summed E-state index contributed by atoms with van der Waals surface area (Å²) >= 11 is 6.69. The first-order valence-corrected chi connectivity index (χ1v) is 31.1. The Bertz CT molecular complexity index is 3880. The van der Waals surface area contributed by atoms with Crippen LogP contribution in [0.4, 0.5) is 5.69 Å². The van der Waals surface area contributed by atoms with Crippen LogP contribution in [0.25, 0.3) is 10.8 Å². The number of carbonyl (C=O) groups is 4. The number of likely N-dealkylation sites (N-methyl/N-ethyl adjacent to an activating group) is 1. The number of Topliss-reactive ketones (excluding diaryl/α,β-unsaturated/α-hetero) is 1. The maximum absolute atomic E-state index is 14.4. The standard InChI is InChI=1S/C43H58N4O12.C22H17ClN2.C6H7N3O/c1-21-12-11-13-22(2)42(55)45-33-28(20-44-47-17-15-46(9)16-18-47)37(52)30-31(38(33)53)36(51)26(6)40-32(30)41(54)43(8,59-40)57-19-14-29(56-10)23(3)39(58-27(7)48)25(5)35(50)24(4)34(21)49;23-21-14-8-7-13-20(21)22(25-16-15-24-17-25,18-9-3-1-4-10-18)19-11-5-2-6-12-19;7-9-6(10)5-1-3-8-4-2-5/h11-14,19-21,23-25,29,34-35,39,49-53H,15-18H2,1-10H3,(H,45,55);1-17H;1-4H,7H2,(H,9,10)/b12-11+,19-14+,22-13-,44-20+;;/t21-,23+,24+,25+,29-,34-,35+,39+,43-;;/m0../s1. The third-order valence-electron chi connectivity index (χ3n) is 17.5. The molecule has 1 saturated heterocycles. The van der Waals surface area contributed by atoms with E-state index in [1.807, 2.05) is 55.3 Å². The highest BCUT2D eigenvalue weighted by molar-refractivity contribution is 6.31. The van der Waals surface area contributed by atoms with Crippen molar-refractivity contribution >= 4 is 57.8 Å². The SMILES string of the molecule is CO[C@H]1/C=C/O[C@@]2(C)Oc3c(C)c(O)c4c(O)c(c(/C=N/N5CCN(C)CC5)c(O)c4c3C2=O)NC(=O)/C(C)=C\C=C\[C@H](C)[C@H](O)[C@@H](C)[C@@H](O)[C@@H](C)[C@H](OC(C)=O)[C@@H]1C.Clc1ccccc1C(c1ccccc1)(c1ccccc1)n1ccnc1.NNC(=O)c1ccncc1. The number of phenolic OH excluding ortho intramolecular Hbond substituents is 3. The van der Waals surface area contributed by atoms with Crippen LogP contribution in [0.2, 0.25) is 5.02 Å². The van der Waals surface area contributed by atoms with E-state index in [2.05, 4.69) is 84.5 Å². The lowest BCUT2D eigenvalue weighted by Gasteiger charge is -2.38. The molecular weight excluding hydrogens is 1220 g/mol. The summed E-state index contributed by atoms with van der Waals surface area (Å²) in [5.41, 5.74) is 4.87. The van der Waals surface area contributed by atoms with Crippen LogP contribution in [0, 0.1) is 30.6 Å². The third-order valence-corrected chi connectivity index (χ3v) is 17.8. The maximum atomic E-state index is 14.4. The van der Waals surface area contributed by atoms with E-state index in [4.69, 9.17) is 36.4 Å². The van der Waals surface area contributed by atoms with E-state index in [0.29, 0.717) is 18.7 Å². The predicted molar refractivity (Wildman–Crippen MR) is 358 cm³/mol. The molecule has 5 bridgehead atoms. The Labute approximate surface area is 551 Å². The van der Waals surface area contributed by atoms with E-state index in [-0.39, 0.29) is 50.4 Å². The summed E-state index contributed by atoms with van der Waals surface area (Å²) in [6, 6.07) is 32.0. The molecule has 9 N–H and O–H groups in total. The number of hydrazine groups is 1. The molecule has 4 aliphatic heterocycles. The molecule has 6 heterocycles. The van der Waals surface area contributed by atoms with Crippen molar-refractivity contribution in [3.63, 3.8) is 0 Å². The fourth-order valence-electron chi connectivity index (χ4n) is 12.0. The van der Waals surface area contributed by atoms with Crippen molar-refractivity contribution in [2.24, 2.45) is 34.6 Å². The molecule has 496 valence electrons. The molecule has 0 aliphatic carbocycles. The van der Waals surface area contributed by atoms with Gasteiger partial charge in [-0.25, -0.2) is 10.8 Å². The van der Waals surface area contributed by atoms with Crippen molar-refractivity contribution in [1.82, 2.24) is 29.9 Å². The number of ketones is 1. The van der Waals surface area contributed by atoms with Crippen molar-refractivity contribution in [2.75, 3.05) is 45.7 Å². The van der Waals surface area contributed by atoms with Crippen molar-refractivity contribution in [2.45, 2.75) is 91.1 Å². The van der Waals surface area contributed by atoms with E-state index in [0.717, 1.165) is 34.8 Å². The monoisotopic (exact) mass is 1300 g/mol. The summed E-state index contributed by atoms with van der Waals surface area (Å²) in [5, 5.41) is 67.6. The smallest absolute Gasteiger partial charge is 0.312 e. The van der Waals surface area contributed by atoms with Gasteiger partial charge in [-0.2, -0.15) is 5.10 Å². The van der Waals surface area contributed by atoms with Gasteiger partial charge in [0.2, 0.25) is 0 Å². The van der Waals surface area contributed by atoms with Crippen LogP contribution in [0.3, 0.4) is 0 Å². The second-order valence-corrected chi connectivity index (χ2v) is 24.1. The summed E-state index contributed by atoms with van der Waals surface area (Å²) in [7, 11) is 3.42. The largest absolute Gasteiger partial charge is 0.507 e. The minimum atomic E-state index is -2.04. The zero-order valence-electron chi connectivity index (χ0n) is 54.2. The third kappa shape index (κ3) is 15.0. The molecule has 0 saturated carbocycles. The minimum absolute atomic E-state index is 0.0559. The number of allylic oxidation sites excluding steroid dienone is 2. The molecule has 7 aromatic rings. The van der Waals surface area contributed by atoms with Gasteiger partial charge in [-0.05, 0) is 56.3 Å². The topological polar surface area (TPSA) is 306 Å². The normalized spacial score (nSPS) is 24.1. The molecule has 23 heteroatoms. The number of nitrogens with zero attached hydrogens (tertiary/aromatic N) is 6. The molecule has 11 rings (SSSR count). The number of aliphatic hydroxyl groups is 2. The Balaban J connectivity index is 0.000000261. The van der Waals surface area contributed by atoms with Crippen LogP contribution in [0.5, 0.6) is 23.0 Å². The summed E-state index contributed by atoms with van der Waals surface area (Å²) < 4.78 is 25.7. The van der Waals surface area contributed by atoms with E-state index >= 15 is 0 Å². The number of imidazole rings is 1. The number of pyridine rings is 1. The number of aromatic hydroxyl groups is 3. The highest BCUT2D eigenvalue weighted by Gasteiger charge is 2.50. The minimum Gasteiger partial charge on any atom is -0.507 e. The van der Waals surface area contributed by atoms with Gasteiger partial charge in [-0.15, -0.1) is 0 Å². The van der Waals surface area contributed by atoms with Gasteiger partial charge in [0.25, 0.3) is 17.6 Å². The molecule has 1 fully saturated rings. The Morgan fingerprint density at radius 1 is 0.819 bits per heavy atom. The molecule has 0 radical (unpaired) electrons. The number of aliphatic hydroxyl groups excluding tert-OH is 2. The average Bonchev–Trinajstić information content (AvgIpc) is 1.43. The van der Waals surface area contributed by atoms with Crippen molar-refractivity contribution < 1.29 is 63.7 Å². The van der Waals surface area contributed by atoms with Crippen LogP contribution < -0.4 is 21.3 Å². The Morgan fingerprint density at radius 3 is 2.03 bits per heavy atom. The number of phenols is 3. The van der Waals surface area contributed by atoms with Gasteiger partial charge in [0.15, 0.2) is 5.75 Å². The number of rotatable bonds is 9. The van der Waals surface area contributed by atoms with Crippen molar-refractivity contribution in [1.29, 1.82) is 0 Å². The summed E-state index contributed by atoms with van der Waals surface area (Å²) in [6.45, 7) is 15.1. The number of ether oxygens (including phenoxy) is 4. The highest BCUT2D eigenvalue weighted by atomic mass is 35.5. The molecule has 94 heavy (non-hydrogen) atoms. The van der Waals surface area contributed by atoms with Crippen LogP contribution in [0.15, 0.2) is 169 Å². The van der Waals surface area contributed by atoms with Gasteiger partial charge in [0.1, 0.15) is 28.9 Å². The number of nitrogen functional groups attached to an aromatic ring is 1.